The maximum absolute atomic E-state index is 13.0. The number of ether oxygens (including phenoxy) is 2. The molecule has 0 saturated carbocycles. The highest BCUT2D eigenvalue weighted by molar-refractivity contribution is 6.07. The molecule has 1 atom stereocenters. The van der Waals surface area contributed by atoms with E-state index >= 15 is 0 Å². The van der Waals surface area contributed by atoms with Gasteiger partial charge in [0.2, 0.25) is 0 Å². The van der Waals surface area contributed by atoms with Crippen LogP contribution in [0.1, 0.15) is 51.6 Å². The van der Waals surface area contributed by atoms with E-state index in [1.165, 1.54) is 0 Å². The Hall–Kier alpha value is -3.08. The quantitative estimate of drug-likeness (QED) is 0.624. The molecular weight excluding hydrogens is 356 g/mol. The van der Waals surface area contributed by atoms with Crippen molar-refractivity contribution in [2.45, 2.75) is 38.7 Å². The van der Waals surface area contributed by atoms with Crippen molar-refractivity contribution < 1.29 is 18.7 Å². The van der Waals surface area contributed by atoms with Crippen LogP contribution in [-0.2, 0) is 12.8 Å². The predicted octanol–water partition coefficient (Wildman–Crippen LogP) is 4.31. The summed E-state index contributed by atoms with van der Waals surface area (Å²) in [4.78, 5) is 25.4. The lowest BCUT2D eigenvalue weighted by atomic mass is 9.90. The summed E-state index contributed by atoms with van der Waals surface area (Å²) in [5.41, 5.74) is 4.25. The Bertz CT molecular complexity index is 1170. The van der Waals surface area contributed by atoms with Crippen LogP contribution in [0.3, 0.4) is 0 Å². The molecule has 1 aliphatic carbocycles. The number of benzene rings is 2. The van der Waals surface area contributed by atoms with Crippen LogP contribution in [0.15, 0.2) is 39.5 Å². The third-order valence-corrected chi connectivity index (χ3v) is 5.81. The Labute approximate surface area is 161 Å². The molecule has 0 unspecified atom stereocenters. The molecule has 2 heterocycles. The maximum atomic E-state index is 13.0. The molecule has 0 spiro atoms. The standard InChI is InChI=1S/C23H20O5/c1-12-10-19-21(15-4-3-5-16(15)23(25)28-19)22-20(12)17(24)11-18(27-22)13-6-8-14(26-2)9-7-13/h6-10,18H,3-5,11H2,1-2H3/t18-/m0/s1. The van der Waals surface area contributed by atoms with Crippen LogP contribution in [0.25, 0.3) is 11.0 Å². The minimum absolute atomic E-state index is 0.0550. The summed E-state index contributed by atoms with van der Waals surface area (Å²) in [5.74, 6) is 1.38. The van der Waals surface area contributed by atoms with Crippen LogP contribution in [-0.4, -0.2) is 12.9 Å². The first-order chi connectivity index (χ1) is 13.6. The van der Waals surface area contributed by atoms with E-state index in [4.69, 9.17) is 13.9 Å². The van der Waals surface area contributed by atoms with Gasteiger partial charge in [0.1, 0.15) is 23.2 Å². The zero-order valence-corrected chi connectivity index (χ0v) is 15.8. The van der Waals surface area contributed by atoms with Gasteiger partial charge < -0.3 is 13.9 Å². The zero-order chi connectivity index (χ0) is 19.4. The molecule has 5 rings (SSSR count). The number of rotatable bonds is 2. The molecule has 5 nitrogen and oxygen atoms in total. The Morgan fingerprint density at radius 3 is 2.57 bits per heavy atom. The van der Waals surface area contributed by atoms with Crippen molar-refractivity contribution in [3.8, 4) is 11.5 Å². The van der Waals surface area contributed by atoms with Crippen molar-refractivity contribution in [2.24, 2.45) is 0 Å². The number of aryl methyl sites for hydroxylation is 2. The van der Waals surface area contributed by atoms with Crippen molar-refractivity contribution in [1.82, 2.24) is 0 Å². The highest BCUT2D eigenvalue weighted by Crippen LogP contribution is 2.44. The molecule has 1 aromatic heterocycles. The van der Waals surface area contributed by atoms with Crippen molar-refractivity contribution >= 4 is 16.8 Å². The minimum Gasteiger partial charge on any atom is -0.497 e. The van der Waals surface area contributed by atoms with Gasteiger partial charge in [-0.3, -0.25) is 4.79 Å². The maximum Gasteiger partial charge on any atom is 0.339 e. The number of carbonyl (C=O) groups excluding carboxylic acids is 1. The minimum atomic E-state index is -0.375. The first-order valence-corrected chi connectivity index (χ1v) is 9.52. The fraction of sp³-hybridized carbons (Fsp3) is 0.304. The molecule has 1 aliphatic heterocycles. The topological polar surface area (TPSA) is 65.7 Å². The summed E-state index contributed by atoms with van der Waals surface area (Å²) in [6.45, 7) is 1.86. The van der Waals surface area contributed by atoms with E-state index in [0.29, 0.717) is 23.3 Å². The molecule has 3 aromatic rings. The largest absolute Gasteiger partial charge is 0.497 e. The third kappa shape index (κ3) is 2.46. The van der Waals surface area contributed by atoms with Gasteiger partial charge in [-0.05, 0) is 61.1 Å². The van der Waals surface area contributed by atoms with Crippen molar-refractivity contribution in [2.75, 3.05) is 7.11 Å². The molecule has 5 heteroatoms. The van der Waals surface area contributed by atoms with E-state index in [1.807, 2.05) is 31.2 Å². The summed E-state index contributed by atoms with van der Waals surface area (Å²) in [6, 6.07) is 9.37. The summed E-state index contributed by atoms with van der Waals surface area (Å²) in [6.07, 6.45) is 2.34. The lowest BCUT2D eigenvalue weighted by molar-refractivity contribution is 0.0852. The van der Waals surface area contributed by atoms with E-state index < -0.39 is 0 Å². The molecule has 0 amide bonds. The highest BCUT2D eigenvalue weighted by Gasteiger charge is 2.33. The predicted molar refractivity (Wildman–Crippen MR) is 105 cm³/mol. The number of methoxy groups -OCH3 is 1. The number of Topliss-reactive ketones (excluding diaryl/α,β-unsaturated/α-hetero) is 1. The number of hydrogen-bond donors (Lipinski definition) is 0. The molecule has 0 saturated heterocycles. The van der Waals surface area contributed by atoms with Gasteiger partial charge in [0, 0.05) is 5.56 Å². The van der Waals surface area contributed by atoms with E-state index in [-0.39, 0.29) is 23.9 Å². The third-order valence-electron chi connectivity index (χ3n) is 5.81. The molecule has 0 N–H and O–H groups in total. The Balaban J connectivity index is 1.71. The van der Waals surface area contributed by atoms with Crippen LogP contribution in [0.2, 0.25) is 0 Å². The molecule has 142 valence electrons. The first kappa shape index (κ1) is 17.0. The first-order valence-electron chi connectivity index (χ1n) is 9.52. The van der Waals surface area contributed by atoms with E-state index in [2.05, 4.69) is 0 Å². The van der Waals surface area contributed by atoms with Crippen LogP contribution < -0.4 is 15.1 Å². The smallest absolute Gasteiger partial charge is 0.339 e. The van der Waals surface area contributed by atoms with Gasteiger partial charge in [-0.1, -0.05) is 12.1 Å². The number of carbonyl (C=O) groups is 1. The van der Waals surface area contributed by atoms with Crippen molar-refractivity contribution in [3.63, 3.8) is 0 Å². The van der Waals surface area contributed by atoms with E-state index in [1.54, 1.807) is 13.2 Å². The Morgan fingerprint density at radius 2 is 1.82 bits per heavy atom. The summed E-state index contributed by atoms with van der Waals surface area (Å²) < 4.78 is 17.2. The highest BCUT2D eigenvalue weighted by atomic mass is 16.5. The average Bonchev–Trinajstić information content (AvgIpc) is 3.18. The molecule has 28 heavy (non-hydrogen) atoms. The van der Waals surface area contributed by atoms with Crippen LogP contribution in [0, 0.1) is 6.92 Å². The number of ketones is 1. The van der Waals surface area contributed by atoms with Crippen molar-refractivity contribution in [3.05, 3.63) is 68.6 Å². The fourth-order valence-corrected chi connectivity index (χ4v) is 4.45. The normalized spacial score (nSPS) is 17.9. The van der Waals surface area contributed by atoms with Gasteiger partial charge in [0.05, 0.1) is 24.5 Å². The van der Waals surface area contributed by atoms with Crippen LogP contribution >= 0.6 is 0 Å². The van der Waals surface area contributed by atoms with Gasteiger partial charge in [-0.25, -0.2) is 4.79 Å². The zero-order valence-electron chi connectivity index (χ0n) is 15.8. The Morgan fingerprint density at radius 1 is 1.07 bits per heavy atom. The Kier molecular flexibility index (Phi) is 3.79. The lowest BCUT2D eigenvalue weighted by Gasteiger charge is -2.28. The summed E-state index contributed by atoms with van der Waals surface area (Å²) in [5, 5.41) is 0.791. The molecule has 2 aromatic carbocycles. The molecule has 0 radical (unpaired) electrons. The SMILES string of the molecule is COc1ccc([C@@H]2CC(=O)c3c(C)cc4oc(=O)c5c(c4c3O2)CCC5)cc1. The monoisotopic (exact) mass is 376 g/mol. The van der Waals surface area contributed by atoms with Crippen LogP contribution in [0.5, 0.6) is 11.5 Å². The van der Waals surface area contributed by atoms with Gasteiger partial charge in [0.25, 0.3) is 0 Å². The molecule has 0 bridgehead atoms. The molecule has 2 aliphatic rings. The number of hydrogen-bond acceptors (Lipinski definition) is 5. The second kappa shape index (κ2) is 6.23. The molecule has 0 fully saturated rings. The van der Waals surface area contributed by atoms with E-state index in [9.17, 15) is 9.59 Å². The van der Waals surface area contributed by atoms with Crippen molar-refractivity contribution in [1.29, 1.82) is 0 Å². The van der Waals surface area contributed by atoms with E-state index in [0.717, 1.165) is 46.2 Å². The second-order valence-corrected chi connectivity index (χ2v) is 7.48. The van der Waals surface area contributed by atoms with Gasteiger partial charge in [-0.15, -0.1) is 0 Å². The summed E-state index contributed by atoms with van der Waals surface area (Å²) in [7, 11) is 1.62. The fourth-order valence-electron chi connectivity index (χ4n) is 4.45. The van der Waals surface area contributed by atoms with Gasteiger partial charge in [0.15, 0.2) is 5.78 Å². The lowest BCUT2D eigenvalue weighted by Crippen LogP contribution is -2.22. The van der Waals surface area contributed by atoms with Gasteiger partial charge in [-0.2, -0.15) is 0 Å². The average molecular weight is 376 g/mol. The van der Waals surface area contributed by atoms with Gasteiger partial charge >= 0.3 is 5.63 Å². The summed E-state index contributed by atoms with van der Waals surface area (Å²) >= 11 is 0. The number of fused-ring (bicyclic) bond motifs is 5. The second-order valence-electron chi connectivity index (χ2n) is 7.48. The molecular formula is C23H20O5. The van der Waals surface area contributed by atoms with Crippen LogP contribution in [0.4, 0.5) is 0 Å².